The normalized spacial score (nSPS) is 11.5. The molecule has 0 fully saturated rings. The highest BCUT2D eigenvalue weighted by Crippen LogP contribution is 2.32. The number of rotatable bonds is 4. The third-order valence-electron chi connectivity index (χ3n) is 3.73. The van der Waals surface area contributed by atoms with Gasteiger partial charge >= 0.3 is 6.18 Å². The van der Waals surface area contributed by atoms with Crippen LogP contribution in [-0.4, -0.2) is 9.91 Å². The number of alkyl halides is 3. The molecule has 5 nitrogen and oxygen atoms in total. The van der Waals surface area contributed by atoms with Crippen LogP contribution in [0.2, 0.25) is 0 Å². The minimum atomic E-state index is -4.40. The SMILES string of the molecule is O=[N+]([O-])c1ccc(NCc2cccc(C(F)(F)F)c2)c2ccncc12. The number of nitrogens with one attached hydrogen (secondary N) is 1. The maximum atomic E-state index is 12.8. The summed E-state index contributed by atoms with van der Waals surface area (Å²) in [5.41, 5.74) is 0.244. The highest BCUT2D eigenvalue weighted by molar-refractivity contribution is 5.99. The van der Waals surface area contributed by atoms with Crippen LogP contribution in [0.3, 0.4) is 0 Å². The maximum absolute atomic E-state index is 12.8. The van der Waals surface area contributed by atoms with Crippen LogP contribution in [0.5, 0.6) is 0 Å². The lowest BCUT2D eigenvalue weighted by molar-refractivity contribution is -0.383. The minimum Gasteiger partial charge on any atom is -0.380 e. The zero-order chi connectivity index (χ0) is 18.0. The third kappa shape index (κ3) is 3.52. The standard InChI is InChI=1S/C17H12F3N3O2/c18-17(19,20)12-3-1-2-11(8-12)9-22-15-4-5-16(23(24)25)14-10-21-7-6-13(14)15/h1-8,10,22H,9H2. The zero-order valence-corrected chi connectivity index (χ0v) is 12.7. The van der Waals surface area contributed by atoms with Crippen molar-refractivity contribution in [2.24, 2.45) is 0 Å². The second-order valence-corrected chi connectivity index (χ2v) is 5.36. The molecule has 0 unspecified atom stereocenters. The number of fused-ring (bicyclic) bond motifs is 1. The number of benzene rings is 2. The van der Waals surface area contributed by atoms with Gasteiger partial charge in [0.25, 0.3) is 5.69 Å². The molecule has 1 heterocycles. The molecule has 0 saturated carbocycles. The number of non-ortho nitro benzene ring substituents is 1. The van der Waals surface area contributed by atoms with Gasteiger partial charge in [-0.2, -0.15) is 13.2 Å². The van der Waals surface area contributed by atoms with Crippen molar-refractivity contribution in [3.05, 3.63) is 76.1 Å². The Morgan fingerprint density at radius 2 is 1.92 bits per heavy atom. The van der Waals surface area contributed by atoms with Crippen LogP contribution in [-0.2, 0) is 12.7 Å². The van der Waals surface area contributed by atoms with E-state index in [2.05, 4.69) is 10.3 Å². The molecule has 0 bridgehead atoms. The molecule has 0 saturated heterocycles. The topological polar surface area (TPSA) is 68.1 Å². The van der Waals surface area contributed by atoms with Crippen LogP contribution >= 0.6 is 0 Å². The van der Waals surface area contributed by atoms with Gasteiger partial charge in [-0.15, -0.1) is 0 Å². The summed E-state index contributed by atoms with van der Waals surface area (Å²) in [5, 5.41) is 15.1. The average molecular weight is 347 g/mol. The third-order valence-corrected chi connectivity index (χ3v) is 3.73. The van der Waals surface area contributed by atoms with Gasteiger partial charge in [0.05, 0.1) is 15.9 Å². The quantitative estimate of drug-likeness (QED) is 0.545. The molecule has 128 valence electrons. The largest absolute Gasteiger partial charge is 0.416 e. The second kappa shape index (κ2) is 6.39. The number of anilines is 1. The van der Waals surface area contributed by atoms with E-state index < -0.39 is 16.7 Å². The molecule has 0 aliphatic rings. The number of pyridine rings is 1. The van der Waals surface area contributed by atoms with E-state index in [1.165, 1.54) is 30.6 Å². The molecule has 2 aromatic carbocycles. The highest BCUT2D eigenvalue weighted by Gasteiger charge is 2.30. The number of aromatic nitrogens is 1. The Hall–Kier alpha value is -3.16. The Kier molecular flexibility index (Phi) is 4.26. The molecule has 25 heavy (non-hydrogen) atoms. The number of halogens is 3. The van der Waals surface area contributed by atoms with Crippen LogP contribution < -0.4 is 5.32 Å². The smallest absolute Gasteiger partial charge is 0.380 e. The summed E-state index contributed by atoms with van der Waals surface area (Å²) < 4.78 is 38.3. The summed E-state index contributed by atoms with van der Waals surface area (Å²) in [4.78, 5) is 14.5. The van der Waals surface area contributed by atoms with E-state index >= 15 is 0 Å². The lowest BCUT2D eigenvalue weighted by Crippen LogP contribution is -2.07. The molecule has 3 aromatic rings. The summed E-state index contributed by atoms with van der Waals surface area (Å²) >= 11 is 0. The molecule has 0 amide bonds. The molecule has 1 aromatic heterocycles. The first-order chi connectivity index (χ1) is 11.9. The average Bonchev–Trinajstić information content (AvgIpc) is 2.59. The Morgan fingerprint density at radius 3 is 2.64 bits per heavy atom. The predicted molar refractivity (Wildman–Crippen MR) is 87.2 cm³/mol. The number of nitrogens with zero attached hydrogens (tertiary/aromatic N) is 2. The molecule has 8 heteroatoms. The molecule has 0 aliphatic carbocycles. The van der Waals surface area contributed by atoms with Crippen molar-refractivity contribution in [3.8, 4) is 0 Å². The Bertz CT molecular complexity index is 942. The van der Waals surface area contributed by atoms with Crippen molar-refractivity contribution in [2.45, 2.75) is 12.7 Å². The summed E-state index contributed by atoms with van der Waals surface area (Å²) in [6.45, 7) is 0.152. The van der Waals surface area contributed by atoms with E-state index in [1.807, 2.05) is 0 Å². The Morgan fingerprint density at radius 1 is 1.12 bits per heavy atom. The van der Waals surface area contributed by atoms with Crippen molar-refractivity contribution >= 4 is 22.1 Å². The molecule has 0 atom stereocenters. The summed E-state index contributed by atoms with van der Waals surface area (Å²) in [6, 6.07) is 9.51. The predicted octanol–water partition coefficient (Wildman–Crippen LogP) is 4.77. The fourth-order valence-corrected chi connectivity index (χ4v) is 2.54. The van der Waals surface area contributed by atoms with Crippen LogP contribution in [0.25, 0.3) is 10.8 Å². The van der Waals surface area contributed by atoms with E-state index in [-0.39, 0.29) is 12.2 Å². The van der Waals surface area contributed by atoms with Crippen LogP contribution in [0.4, 0.5) is 24.5 Å². The fraction of sp³-hybridized carbons (Fsp3) is 0.118. The number of nitro benzene ring substituents is 1. The summed E-state index contributed by atoms with van der Waals surface area (Å²) in [7, 11) is 0. The van der Waals surface area contributed by atoms with Gasteiger partial charge in [-0.1, -0.05) is 12.1 Å². The molecule has 1 N–H and O–H groups in total. The number of nitro groups is 1. The molecule has 0 spiro atoms. The van der Waals surface area contributed by atoms with Crippen LogP contribution in [0.15, 0.2) is 54.9 Å². The lowest BCUT2D eigenvalue weighted by Gasteiger charge is -2.12. The van der Waals surface area contributed by atoms with Gasteiger partial charge in [0.1, 0.15) is 0 Å². The van der Waals surface area contributed by atoms with Gasteiger partial charge in [-0.25, -0.2) is 0 Å². The van der Waals surface area contributed by atoms with Crippen LogP contribution in [0.1, 0.15) is 11.1 Å². The minimum absolute atomic E-state index is 0.0762. The first kappa shape index (κ1) is 16.7. The molecule has 3 rings (SSSR count). The van der Waals surface area contributed by atoms with Crippen molar-refractivity contribution < 1.29 is 18.1 Å². The summed E-state index contributed by atoms with van der Waals surface area (Å²) in [5.74, 6) is 0. The van der Waals surface area contributed by atoms with E-state index in [4.69, 9.17) is 0 Å². The molecular weight excluding hydrogens is 335 g/mol. The zero-order valence-electron chi connectivity index (χ0n) is 12.7. The van der Waals surface area contributed by atoms with Gasteiger partial charge in [0.2, 0.25) is 0 Å². The van der Waals surface area contributed by atoms with Crippen molar-refractivity contribution in [1.29, 1.82) is 0 Å². The van der Waals surface area contributed by atoms with Crippen LogP contribution in [0, 0.1) is 10.1 Å². The fourth-order valence-electron chi connectivity index (χ4n) is 2.54. The molecule has 0 aliphatic heterocycles. The van der Waals surface area contributed by atoms with Crippen molar-refractivity contribution in [1.82, 2.24) is 4.98 Å². The maximum Gasteiger partial charge on any atom is 0.416 e. The van der Waals surface area contributed by atoms with Gasteiger partial charge in [-0.05, 0) is 29.8 Å². The number of hydrogen-bond acceptors (Lipinski definition) is 4. The van der Waals surface area contributed by atoms with Gasteiger partial charge in [0, 0.05) is 36.1 Å². The van der Waals surface area contributed by atoms with E-state index in [9.17, 15) is 23.3 Å². The van der Waals surface area contributed by atoms with Gasteiger partial charge in [0.15, 0.2) is 0 Å². The molecule has 0 radical (unpaired) electrons. The summed E-state index contributed by atoms with van der Waals surface area (Å²) in [6.07, 6.45) is -1.51. The van der Waals surface area contributed by atoms with E-state index in [1.54, 1.807) is 12.1 Å². The highest BCUT2D eigenvalue weighted by atomic mass is 19.4. The van der Waals surface area contributed by atoms with Gasteiger partial charge < -0.3 is 5.32 Å². The Labute approximate surface area is 140 Å². The monoisotopic (exact) mass is 347 g/mol. The lowest BCUT2D eigenvalue weighted by atomic mass is 10.1. The van der Waals surface area contributed by atoms with Gasteiger partial charge in [-0.3, -0.25) is 15.1 Å². The van der Waals surface area contributed by atoms with Crippen molar-refractivity contribution in [3.63, 3.8) is 0 Å². The van der Waals surface area contributed by atoms with Crippen molar-refractivity contribution in [2.75, 3.05) is 5.32 Å². The van der Waals surface area contributed by atoms with E-state index in [0.29, 0.717) is 22.0 Å². The first-order valence-corrected chi connectivity index (χ1v) is 7.27. The second-order valence-electron chi connectivity index (χ2n) is 5.36. The first-order valence-electron chi connectivity index (χ1n) is 7.27. The number of hydrogen-bond donors (Lipinski definition) is 1. The van der Waals surface area contributed by atoms with E-state index in [0.717, 1.165) is 12.1 Å². The Balaban J connectivity index is 1.90. The molecular formula is C17H12F3N3O2.